The lowest BCUT2D eigenvalue weighted by atomic mass is 10.2. The maximum absolute atomic E-state index is 12.8. The average Bonchev–Trinajstić information content (AvgIpc) is 2.69. The molecule has 2 rings (SSSR count). The number of nitrogens with zero attached hydrogens (tertiary/aromatic N) is 2. The van der Waals surface area contributed by atoms with Crippen molar-refractivity contribution in [3.05, 3.63) is 42.5 Å². The van der Waals surface area contributed by atoms with Gasteiger partial charge < -0.3 is 5.11 Å². The first kappa shape index (κ1) is 10.0. The van der Waals surface area contributed by atoms with Gasteiger partial charge in [-0.3, -0.25) is 0 Å². The number of hydrogen-bond acceptors (Lipinski definition) is 2. The minimum absolute atomic E-state index is 0.0493. The summed E-state index contributed by atoms with van der Waals surface area (Å²) in [6.45, 7) is 0.555. The summed E-state index contributed by atoms with van der Waals surface area (Å²) in [6.07, 6.45) is 5.27. The van der Waals surface area contributed by atoms with E-state index in [2.05, 4.69) is 4.99 Å². The average molecular weight is 207 g/mol. The summed E-state index contributed by atoms with van der Waals surface area (Å²) in [4.78, 5) is 4.02. The third kappa shape index (κ3) is 1.82. The van der Waals surface area contributed by atoms with Gasteiger partial charge in [0.05, 0.1) is 12.8 Å². The van der Waals surface area contributed by atoms with Crippen LogP contribution in [0.3, 0.4) is 0 Å². The van der Waals surface area contributed by atoms with Crippen molar-refractivity contribution in [2.24, 2.45) is 4.99 Å². The Hall–Kier alpha value is -1.52. The topological polar surface area (TPSA) is 32.6 Å². The highest BCUT2D eigenvalue weighted by Crippen LogP contribution is 2.24. The Bertz CT molecular complexity index is 386. The molecule has 0 bridgehead atoms. The molecule has 0 saturated carbocycles. The fourth-order valence-corrected chi connectivity index (χ4v) is 1.65. The molecule has 1 aromatic carbocycles. The lowest BCUT2D eigenvalue weighted by molar-refractivity contribution is 0.273. The quantitative estimate of drug-likeness (QED) is 0.751. The van der Waals surface area contributed by atoms with E-state index in [0.29, 0.717) is 11.0 Å². The van der Waals surface area contributed by atoms with Crippen molar-refractivity contribution >= 4 is 12.0 Å². The van der Waals surface area contributed by atoms with E-state index in [1.54, 1.807) is 24.7 Å². The molecule has 4 heteroatoms. The number of aliphatic hydroxyl groups is 1. The fraction of sp³-hybridized carbons (Fsp3) is 0.182. The van der Waals surface area contributed by atoms with Crippen molar-refractivity contribution in [1.29, 1.82) is 0 Å². The van der Waals surface area contributed by atoms with Gasteiger partial charge >= 0.3 is 0 Å². The van der Waals surface area contributed by atoms with Gasteiger partial charge in [0, 0.05) is 12.1 Å². The van der Waals surface area contributed by atoms with Crippen LogP contribution in [-0.2, 0) is 0 Å². The van der Waals surface area contributed by atoms with Gasteiger partial charge in [0.1, 0.15) is 24.2 Å². The van der Waals surface area contributed by atoms with Crippen molar-refractivity contribution in [2.75, 3.05) is 13.2 Å². The zero-order valence-corrected chi connectivity index (χ0v) is 8.18. The number of hydrogen-bond donors (Lipinski definition) is 1. The molecule has 1 aromatic rings. The molecule has 1 aliphatic rings. The summed E-state index contributed by atoms with van der Waals surface area (Å²) in [6, 6.07) is 6.22. The molecule has 1 heterocycles. The zero-order valence-electron chi connectivity index (χ0n) is 8.18. The van der Waals surface area contributed by atoms with E-state index in [4.69, 9.17) is 5.11 Å². The van der Waals surface area contributed by atoms with Gasteiger partial charge in [-0.05, 0) is 12.1 Å². The first-order valence-electron chi connectivity index (χ1n) is 4.73. The van der Waals surface area contributed by atoms with Crippen LogP contribution in [0.5, 0.6) is 0 Å². The Morgan fingerprint density at radius 1 is 1.27 bits per heavy atom. The highest BCUT2D eigenvalue weighted by Gasteiger charge is 2.28. The van der Waals surface area contributed by atoms with Crippen LogP contribution in [0.1, 0.15) is 0 Å². The van der Waals surface area contributed by atoms with Crippen LogP contribution in [0.2, 0.25) is 0 Å². The van der Waals surface area contributed by atoms with E-state index in [1.165, 1.54) is 12.1 Å². The molecule has 0 fully saturated rings. The minimum atomic E-state index is -0.263. The van der Waals surface area contributed by atoms with E-state index < -0.39 is 0 Å². The normalized spacial score (nSPS) is 23.6. The highest BCUT2D eigenvalue weighted by atomic mass is 19.1. The summed E-state index contributed by atoms with van der Waals surface area (Å²) in [5.74, 6) is -0.263. The van der Waals surface area contributed by atoms with Gasteiger partial charge in [0.2, 0.25) is 0 Å². The van der Waals surface area contributed by atoms with E-state index >= 15 is 0 Å². The van der Waals surface area contributed by atoms with Gasteiger partial charge in [-0.15, -0.1) is 0 Å². The van der Waals surface area contributed by atoms with E-state index in [-0.39, 0.29) is 12.4 Å². The second-order valence-corrected chi connectivity index (χ2v) is 3.42. The van der Waals surface area contributed by atoms with Crippen LogP contribution in [0.15, 0.2) is 41.7 Å². The van der Waals surface area contributed by atoms with Crippen LogP contribution in [0.4, 0.5) is 10.1 Å². The Kier molecular flexibility index (Phi) is 2.62. The molecule has 1 atom stereocenters. The smallest absolute Gasteiger partial charge is 0.200 e. The SMILES string of the molecule is OCC[N+]1(c2ccc(F)cc2)C=CN=C1. The molecule has 15 heavy (non-hydrogen) atoms. The zero-order chi connectivity index (χ0) is 10.7. The number of aliphatic imine (C=N–C) groups is 1. The number of quaternary nitrogens is 1. The fourth-order valence-electron chi connectivity index (χ4n) is 1.65. The summed E-state index contributed by atoms with van der Waals surface area (Å²) in [7, 11) is 0. The molecule has 0 spiro atoms. The summed E-state index contributed by atoms with van der Waals surface area (Å²) in [5, 5.41) is 9.02. The number of halogens is 1. The predicted octanol–water partition coefficient (Wildman–Crippen LogP) is 1.64. The molecule has 1 N–H and O–H groups in total. The van der Waals surface area contributed by atoms with E-state index in [9.17, 15) is 4.39 Å². The van der Waals surface area contributed by atoms with Crippen LogP contribution < -0.4 is 4.48 Å². The van der Waals surface area contributed by atoms with Gasteiger partial charge in [-0.2, -0.15) is 0 Å². The number of benzene rings is 1. The Morgan fingerprint density at radius 2 is 2.00 bits per heavy atom. The predicted molar refractivity (Wildman–Crippen MR) is 57.8 cm³/mol. The lowest BCUT2D eigenvalue weighted by Gasteiger charge is -2.25. The molecule has 0 saturated heterocycles. The molecule has 1 aliphatic heterocycles. The second kappa shape index (κ2) is 3.92. The van der Waals surface area contributed by atoms with Crippen molar-refractivity contribution in [3.8, 4) is 0 Å². The molecule has 0 radical (unpaired) electrons. The monoisotopic (exact) mass is 207 g/mol. The maximum Gasteiger partial charge on any atom is 0.200 e. The number of rotatable bonds is 3. The molecule has 0 aromatic heterocycles. The van der Waals surface area contributed by atoms with Crippen molar-refractivity contribution in [1.82, 2.24) is 4.48 Å². The van der Waals surface area contributed by atoms with E-state index in [0.717, 1.165) is 5.69 Å². The molecule has 3 nitrogen and oxygen atoms in total. The molecule has 0 amide bonds. The van der Waals surface area contributed by atoms with Gasteiger partial charge in [-0.25, -0.2) is 13.9 Å². The third-order valence-electron chi connectivity index (χ3n) is 2.47. The first-order valence-corrected chi connectivity index (χ1v) is 4.73. The molecular weight excluding hydrogens is 195 g/mol. The Morgan fingerprint density at radius 3 is 2.53 bits per heavy atom. The molecule has 78 valence electrons. The van der Waals surface area contributed by atoms with Gasteiger partial charge in [0.25, 0.3) is 0 Å². The highest BCUT2D eigenvalue weighted by molar-refractivity contribution is 5.78. The van der Waals surface area contributed by atoms with Crippen molar-refractivity contribution in [2.45, 2.75) is 0 Å². The maximum atomic E-state index is 12.8. The molecular formula is C11H12FN2O+. The second-order valence-electron chi connectivity index (χ2n) is 3.42. The van der Waals surface area contributed by atoms with Crippen molar-refractivity contribution < 1.29 is 9.50 Å². The van der Waals surface area contributed by atoms with Gasteiger partial charge in [-0.1, -0.05) is 0 Å². The summed E-state index contributed by atoms with van der Waals surface area (Å²) in [5.41, 5.74) is 0.892. The Labute approximate surface area is 87.4 Å². The van der Waals surface area contributed by atoms with Crippen LogP contribution >= 0.6 is 0 Å². The van der Waals surface area contributed by atoms with Gasteiger partial charge in [0.15, 0.2) is 6.34 Å². The van der Waals surface area contributed by atoms with Crippen LogP contribution in [0.25, 0.3) is 0 Å². The lowest BCUT2D eigenvalue weighted by Crippen LogP contribution is -2.43. The molecule has 1 unspecified atom stereocenters. The van der Waals surface area contributed by atoms with E-state index in [1.807, 2.05) is 6.20 Å². The summed E-state index contributed by atoms with van der Waals surface area (Å²) >= 11 is 0. The van der Waals surface area contributed by atoms with Crippen LogP contribution in [0, 0.1) is 5.82 Å². The van der Waals surface area contributed by atoms with Crippen LogP contribution in [-0.4, -0.2) is 24.6 Å². The Balaban J connectivity index is 2.37. The standard InChI is InChI=1S/C11H12FN2O/c12-10-1-3-11(4-2-10)14(7-8-15)6-5-13-9-14/h1-6,9,15H,7-8H2/q+1. The largest absolute Gasteiger partial charge is 0.390 e. The summed E-state index contributed by atoms with van der Waals surface area (Å²) < 4.78 is 13.1. The first-order chi connectivity index (χ1) is 7.27. The minimum Gasteiger partial charge on any atom is -0.390 e. The molecule has 0 aliphatic carbocycles. The third-order valence-corrected chi connectivity index (χ3v) is 2.47. The van der Waals surface area contributed by atoms with Crippen molar-refractivity contribution in [3.63, 3.8) is 0 Å². The number of aliphatic hydroxyl groups excluding tert-OH is 1.